The highest BCUT2D eigenvalue weighted by atomic mass is 16.2. The first-order chi connectivity index (χ1) is 10.1. The van der Waals surface area contributed by atoms with Crippen molar-refractivity contribution in [1.29, 1.82) is 0 Å². The Morgan fingerprint density at radius 2 is 1.90 bits per heavy atom. The number of ketones is 1. The molecule has 1 aromatic carbocycles. The second-order valence-corrected chi connectivity index (χ2v) is 5.40. The van der Waals surface area contributed by atoms with Crippen molar-refractivity contribution in [3.8, 4) is 0 Å². The van der Waals surface area contributed by atoms with Crippen molar-refractivity contribution in [2.24, 2.45) is 0 Å². The summed E-state index contributed by atoms with van der Waals surface area (Å²) in [4.78, 5) is 27.8. The first-order valence-electron chi connectivity index (χ1n) is 7.49. The van der Waals surface area contributed by atoms with Crippen molar-refractivity contribution < 1.29 is 9.59 Å². The Bertz CT molecular complexity index is 508. The van der Waals surface area contributed by atoms with Gasteiger partial charge in [0, 0.05) is 37.4 Å². The molecule has 0 aliphatic carbocycles. The van der Waals surface area contributed by atoms with E-state index < -0.39 is 0 Å². The van der Waals surface area contributed by atoms with Crippen LogP contribution in [0.2, 0.25) is 0 Å². The Kier molecular flexibility index (Phi) is 5.33. The number of anilines is 1. The highest BCUT2D eigenvalue weighted by Gasteiger charge is 2.20. The second kappa shape index (κ2) is 7.22. The number of urea groups is 1. The monoisotopic (exact) mass is 289 g/mol. The zero-order valence-electron chi connectivity index (χ0n) is 12.8. The summed E-state index contributed by atoms with van der Waals surface area (Å²) < 4.78 is 0. The Morgan fingerprint density at radius 3 is 2.52 bits per heavy atom. The van der Waals surface area contributed by atoms with E-state index in [4.69, 9.17) is 0 Å². The van der Waals surface area contributed by atoms with Crippen LogP contribution in [0, 0.1) is 0 Å². The zero-order chi connectivity index (χ0) is 15.2. The van der Waals surface area contributed by atoms with Gasteiger partial charge in [0.05, 0.1) is 0 Å². The van der Waals surface area contributed by atoms with Crippen LogP contribution in [0.15, 0.2) is 24.3 Å². The topological polar surface area (TPSA) is 52.6 Å². The van der Waals surface area contributed by atoms with Crippen molar-refractivity contribution in [1.82, 2.24) is 9.80 Å². The Hall–Kier alpha value is -1.88. The number of carbonyl (C=O) groups is 2. The van der Waals surface area contributed by atoms with Crippen molar-refractivity contribution in [2.45, 2.75) is 20.3 Å². The van der Waals surface area contributed by atoms with Crippen molar-refractivity contribution in [3.05, 3.63) is 29.8 Å². The fraction of sp³-hybridized carbons (Fsp3) is 0.500. The maximum atomic E-state index is 12.2. The number of rotatable bonds is 4. The average Bonchev–Trinajstić information content (AvgIpc) is 2.48. The molecule has 1 heterocycles. The maximum absolute atomic E-state index is 12.2. The minimum atomic E-state index is -0.0909. The third kappa shape index (κ3) is 4.29. The lowest BCUT2D eigenvalue weighted by molar-refractivity contribution is 0.101. The zero-order valence-corrected chi connectivity index (χ0v) is 12.8. The standard InChI is InChI=1S/C16H23N3O2/c1-3-7-18-8-10-19(11-9-18)16(21)17-15-6-4-5-14(12-15)13(2)20/h4-6,12H,3,7-11H2,1-2H3,(H,17,21). The third-order valence-electron chi connectivity index (χ3n) is 3.72. The molecule has 2 amide bonds. The molecule has 114 valence electrons. The van der Waals surface area contributed by atoms with Gasteiger partial charge in [-0.2, -0.15) is 0 Å². The first kappa shape index (κ1) is 15.5. The Labute approximate surface area is 125 Å². The van der Waals surface area contributed by atoms with Crippen LogP contribution in [-0.4, -0.2) is 54.3 Å². The summed E-state index contributed by atoms with van der Waals surface area (Å²) in [6, 6.07) is 6.96. The highest BCUT2D eigenvalue weighted by molar-refractivity contribution is 5.96. The number of nitrogens with zero attached hydrogens (tertiary/aromatic N) is 2. The number of piperazine rings is 1. The molecule has 0 unspecified atom stereocenters. The minimum Gasteiger partial charge on any atom is -0.322 e. The molecule has 0 spiro atoms. The van der Waals surface area contributed by atoms with E-state index in [9.17, 15) is 9.59 Å². The highest BCUT2D eigenvalue weighted by Crippen LogP contribution is 2.13. The first-order valence-corrected chi connectivity index (χ1v) is 7.49. The Morgan fingerprint density at radius 1 is 1.19 bits per heavy atom. The largest absolute Gasteiger partial charge is 0.322 e. The fourth-order valence-electron chi connectivity index (χ4n) is 2.51. The molecular formula is C16H23N3O2. The summed E-state index contributed by atoms with van der Waals surface area (Å²) in [5, 5.41) is 2.87. The van der Waals surface area contributed by atoms with Crippen LogP contribution in [0.4, 0.5) is 10.5 Å². The summed E-state index contributed by atoms with van der Waals surface area (Å²) >= 11 is 0. The quantitative estimate of drug-likeness (QED) is 0.866. The van der Waals surface area contributed by atoms with Gasteiger partial charge in [-0.15, -0.1) is 0 Å². The van der Waals surface area contributed by atoms with Crippen LogP contribution in [0.1, 0.15) is 30.6 Å². The van der Waals surface area contributed by atoms with E-state index in [1.54, 1.807) is 24.3 Å². The predicted octanol–water partition coefficient (Wildman–Crippen LogP) is 2.45. The van der Waals surface area contributed by atoms with Gasteiger partial charge in [0.2, 0.25) is 0 Å². The van der Waals surface area contributed by atoms with Gasteiger partial charge >= 0.3 is 6.03 Å². The third-order valence-corrected chi connectivity index (χ3v) is 3.72. The van der Waals surface area contributed by atoms with Gasteiger partial charge < -0.3 is 10.2 Å². The van der Waals surface area contributed by atoms with Gasteiger partial charge in [0.1, 0.15) is 0 Å². The maximum Gasteiger partial charge on any atom is 0.321 e. The molecule has 5 heteroatoms. The lowest BCUT2D eigenvalue weighted by atomic mass is 10.1. The van der Waals surface area contributed by atoms with Crippen LogP contribution in [-0.2, 0) is 0 Å². The SMILES string of the molecule is CCCN1CCN(C(=O)Nc2cccc(C(C)=O)c2)CC1. The van der Waals surface area contributed by atoms with E-state index in [2.05, 4.69) is 17.1 Å². The summed E-state index contributed by atoms with van der Waals surface area (Å²) in [7, 11) is 0. The number of benzene rings is 1. The Balaban J connectivity index is 1.90. The van der Waals surface area contributed by atoms with E-state index >= 15 is 0 Å². The molecule has 5 nitrogen and oxygen atoms in total. The summed E-state index contributed by atoms with van der Waals surface area (Å²) in [5.74, 6) is -0.000668. The van der Waals surface area contributed by atoms with Gasteiger partial charge in [-0.1, -0.05) is 19.1 Å². The predicted molar refractivity (Wildman–Crippen MR) is 83.8 cm³/mol. The summed E-state index contributed by atoms with van der Waals surface area (Å²) in [6.45, 7) is 8.13. The van der Waals surface area contributed by atoms with Gasteiger partial charge in [0.25, 0.3) is 0 Å². The molecule has 0 aromatic heterocycles. The summed E-state index contributed by atoms with van der Waals surface area (Å²) in [5.41, 5.74) is 1.28. The van der Waals surface area contributed by atoms with Crippen molar-refractivity contribution in [2.75, 3.05) is 38.0 Å². The molecule has 0 bridgehead atoms. The van der Waals surface area contributed by atoms with E-state index in [-0.39, 0.29) is 11.8 Å². The smallest absolute Gasteiger partial charge is 0.321 e. The molecule has 1 aromatic rings. The molecule has 1 fully saturated rings. The minimum absolute atomic E-state index is 0.000668. The van der Waals surface area contributed by atoms with Gasteiger partial charge in [0.15, 0.2) is 5.78 Å². The van der Waals surface area contributed by atoms with Crippen LogP contribution >= 0.6 is 0 Å². The normalized spacial score (nSPS) is 15.8. The molecule has 1 saturated heterocycles. The van der Waals surface area contributed by atoms with E-state index in [0.717, 1.165) is 39.1 Å². The van der Waals surface area contributed by atoms with E-state index in [1.165, 1.54) is 6.92 Å². The van der Waals surface area contributed by atoms with E-state index in [1.807, 2.05) is 4.90 Å². The number of carbonyl (C=O) groups excluding carboxylic acids is 2. The molecular weight excluding hydrogens is 266 g/mol. The van der Waals surface area contributed by atoms with Crippen molar-refractivity contribution >= 4 is 17.5 Å². The van der Waals surface area contributed by atoms with Crippen LogP contribution in [0.3, 0.4) is 0 Å². The molecule has 1 aliphatic rings. The van der Waals surface area contributed by atoms with Crippen LogP contribution in [0.5, 0.6) is 0 Å². The molecule has 1 aliphatic heterocycles. The average molecular weight is 289 g/mol. The van der Waals surface area contributed by atoms with Crippen LogP contribution < -0.4 is 5.32 Å². The van der Waals surface area contributed by atoms with E-state index in [0.29, 0.717) is 11.3 Å². The van der Waals surface area contributed by atoms with Gasteiger partial charge in [-0.25, -0.2) is 4.79 Å². The molecule has 2 rings (SSSR count). The summed E-state index contributed by atoms with van der Waals surface area (Å²) in [6.07, 6.45) is 1.14. The molecule has 1 N–H and O–H groups in total. The van der Waals surface area contributed by atoms with Crippen molar-refractivity contribution in [3.63, 3.8) is 0 Å². The number of hydrogen-bond acceptors (Lipinski definition) is 3. The molecule has 0 atom stereocenters. The lowest BCUT2D eigenvalue weighted by Gasteiger charge is -2.34. The number of Topliss-reactive ketones (excluding diaryl/α,β-unsaturated/α-hetero) is 1. The van der Waals surface area contributed by atoms with Gasteiger partial charge in [-0.3, -0.25) is 9.69 Å². The number of amides is 2. The molecule has 0 radical (unpaired) electrons. The molecule has 21 heavy (non-hydrogen) atoms. The fourth-order valence-corrected chi connectivity index (χ4v) is 2.51. The lowest BCUT2D eigenvalue weighted by Crippen LogP contribution is -2.50. The van der Waals surface area contributed by atoms with Gasteiger partial charge in [-0.05, 0) is 32.0 Å². The number of hydrogen-bond donors (Lipinski definition) is 1. The number of nitrogens with one attached hydrogen (secondary N) is 1. The molecule has 0 saturated carbocycles. The van der Waals surface area contributed by atoms with Crippen LogP contribution in [0.25, 0.3) is 0 Å². The second-order valence-electron chi connectivity index (χ2n) is 5.40.